The van der Waals surface area contributed by atoms with Crippen LogP contribution in [0.2, 0.25) is 0 Å². The van der Waals surface area contributed by atoms with Gasteiger partial charge in [0.2, 0.25) is 88.6 Å². The maximum Gasteiger partial charge on any atom is 0.325 e. The third kappa shape index (κ3) is 36.9. The zero-order valence-electron chi connectivity index (χ0n) is 62.9. The summed E-state index contributed by atoms with van der Waals surface area (Å²) in [6.45, 7) is 6.67. The van der Waals surface area contributed by atoms with Crippen LogP contribution < -0.4 is 58.9 Å². The van der Waals surface area contributed by atoms with Gasteiger partial charge in [0, 0.05) is 65.0 Å². The van der Waals surface area contributed by atoms with E-state index in [1.165, 1.54) is 0 Å². The standard InChI is InChI=1S/C72H107N13O23S2/c1-5-16-51(80-58(88)38-48-20-15-19-47-18-9-10-21-49(47)48)68(98)83-53(23-12-14-27-75-60(90)44-106-37-35-104-33-29-77-57(87)25-31-85-64(94)40-55(72(85)102)110-46-62(92)79-42-66(96)108-8-4)70(100)82-52(17-6-2)69(99)81-50(67(73)97)22-11-13-26-74-59(89)43-105-36-34-103-32-28-76-56(86)24-30-84-63(93)39-54(71(84)101)109-45-61(91)78-41-65(95)107-7-3/h9-10,15,18-21,50-55H,5-8,11-14,16-17,22-46H2,1-4H3,(H2,73,97)(H,74,89)(H,75,90)(H,76,86)(H,77,87)(H,78,91)(H,79,92)(H,80,88)(H,81,99)(H,82,100)(H,83,98). The number of unbranched alkanes of at least 4 members (excludes halogenated alkanes) is 2. The lowest BCUT2D eigenvalue weighted by molar-refractivity contribution is -0.143. The number of amides is 15. The number of rotatable bonds is 58. The average Bonchev–Trinajstić information content (AvgIpc) is 1.20. The Labute approximate surface area is 647 Å². The molecule has 12 N–H and O–H groups in total. The van der Waals surface area contributed by atoms with Crippen LogP contribution in [0.4, 0.5) is 0 Å². The number of imide groups is 2. The summed E-state index contributed by atoms with van der Waals surface area (Å²) in [5, 5.41) is 26.7. The van der Waals surface area contributed by atoms with E-state index in [9.17, 15) is 81.5 Å². The summed E-state index contributed by atoms with van der Waals surface area (Å²) in [5.41, 5.74) is 6.49. The maximum absolute atomic E-state index is 14.3. The molecule has 110 heavy (non-hydrogen) atoms. The maximum atomic E-state index is 14.3. The molecule has 2 saturated heterocycles. The van der Waals surface area contributed by atoms with Crippen molar-refractivity contribution in [1.82, 2.24) is 63.0 Å². The lowest BCUT2D eigenvalue weighted by atomic mass is 10.0. The molecule has 36 nitrogen and oxygen atoms in total. The molecule has 2 aromatic rings. The van der Waals surface area contributed by atoms with Crippen molar-refractivity contribution in [2.24, 2.45) is 5.73 Å². The summed E-state index contributed by atoms with van der Waals surface area (Å²) < 4.78 is 31.3. The number of fused-ring (bicyclic) bond motifs is 1. The Kier molecular flexibility index (Phi) is 45.2. The number of hydrogen-bond donors (Lipinski definition) is 11. The number of nitrogens with two attached hydrogens (primary N) is 1. The number of thioether (sulfide) groups is 2. The van der Waals surface area contributed by atoms with Crippen LogP contribution in [0.5, 0.6) is 0 Å². The number of ether oxygens (including phenoxy) is 6. The van der Waals surface area contributed by atoms with Gasteiger partial charge in [0.15, 0.2) is 0 Å². The van der Waals surface area contributed by atoms with Crippen LogP contribution in [0, 0.1) is 0 Å². The van der Waals surface area contributed by atoms with Crippen molar-refractivity contribution in [2.45, 2.75) is 159 Å². The van der Waals surface area contributed by atoms with Crippen molar-refractivity contribution in [2.75, 3.05) is 130 Å². The van der Waals surface area contributed by atoms with E-state index in [1.807, 2.05) is 49.4 Å². The number of hydrogen-bond acceptors (Lipinski definition) is 25. The highest BCUT2D eigenvalue weighted by Gasteiger charge is 2.41. The van der Waals surface area contributed by atoms with Gasteiger partial charge >= 0.3 is 11.9 Å². The second-order valence-corrected chi connectivity index (χ2v) is 27.6. The number of carbonyl (C=O) groups excluding carboxylic acids is 17. The zero-order valence-corrected chi connectivity index (χ0v) is 64.6. The summed E-state index contributed by atoms with van der Waals surface area (Å²) in [6, 6.07) is 8.57. The SMILES string of the molecule is CCCC(NC(=O)Cc1cccc2ccccc12)C(=O)NC(CCCCNC(=O)COCCOCCNC(=O)CCN1C(=O)CC(SCC(=O)NCC(=O)OCC)C1=O)C(=O)NC(CCC)C(=O)NC(CCCCNC(=O)COCCOCCNC(=O)CCN1C(=O)CC(SCC(=O)NCC(=O)OCC)C1=O)C(N)=O. The van der Waals surface area contributed by atoms with E-state index in [-0.39, 0.29) is 194 Å². The van der Waals surface area contributed by atoms with Gasteiger partial charge < -0.3 is 87.3 Å². The lowest BCUT2D eigenvalue weighted by Crippen LogP contribution is -2.58. The van der Waals surface area contributed by atoms with E-state index in [1.54, 1.807) is 20.8 Å². The molecule has 4 rings (SSSR count). The first-order valence-electron chi connectivity index (χ1n) is 37.0. The van der Waals surface area contributed by atoms with Crippen molar-refractivity contribution in [3.63, 3.8) is 0 Å². The Morgan fingerprint density at radius 3 is 1.34 bits per heavy atom. The predicted molar refractivity (Wildman–Crippen MR) is 401 cm³/mol. The molecule has 610 valence electrons. The molecule has 0 spiro atoms. The van der Waals surface area contributed by atoms with Crippen LogP contribution in [0.25, 0.3) is 10.8 Å². The van der Waals surface area contributed by atoms with Crippen LogP contribution in [0.15, 0.2) is 42.5 Å². The highest BCUT2D eigenvalue weighted by atomic mass is 32.2. The lowest BCUT2D eigenvalue weighted by Gasteiger charge is -2.26. The largest absolute Gasteiger partial charge is 0.465 e. The predicted octanol–water partition coefficient (Wildman–Crippen LogP) is -1.86. The van der Waals surface area contributed by atoms with E-state index in [0.29, 0.717) is 32.1 Å². The van der Waals surface area contributed by atoms with E-state index in [2.05, 4.69) is 53.2 Å². The van der Waals surface area contributed by atoms with Crippen molar-refractivity contribution in [3.05, 3.63) is 48.0 Å². The number of carbonyl (C=O) groups is 17. The summed E-state index contributed by atoms with van der Waals surface area (Å²) in [4.78, 5) is 218. The number of benzene rings is 2. The smallest absolute Gasteiger partial charge is 0.325 e. The summed E-state index contributed by atoms with van der Waals surface area (Å²) >= 11 is 1.92. The molecule has 2 aliphatic heterocycles. The highest BCUT2D eigenvalue weighted by Crippen LogP contribution is 2.27. The second kappa shape index (κ2) is 53.5. The van der Waals surface area contributed by atoms with Gasteiger partial charge in [-0.15, -0.1) is 23.5 Å². The molecule has 0 aromatic heterocycles. The molecule has 6 unspecified atom stereocenters. The van der Waals surface area contributed by atoms with Gasteiger partial charge in [-0.1, -0.05) is 69.2 Å². The van der Waals surface area contributed by atoms with E-state index < -0.39 is 135 Å². The second-order valence-electron chi connectivity index (χ2n) is 25.3. The van der Waals surface area contributed by atoms with E-state index >= 15 is 0 Å². The summed E-state index contributed by atoms with van der Waals surface area (Å²) in [5.74, 6) is -9.56. The first-order chi connectivity index (χ1) is 52.9. The monoisotopic (exact) mass is 1590 g/mol. The molecule has 0 radical (unpaired) electrons. The van der Waals surface area contributed by atoms with Crippen LogP contribution in [-0.2, 0) is 116 Å². The van der Waals surface area contributed by atoms with Crippen LogP contribution in [-0.4, -0.2) is 275 Å². The molecule has 6 atom stereocenters. The molecule has 0 saturated carbocycles. The van der Waals surface area contributed by atoms with Gasteiger partial charge in [0.05, 0.1) is 81.3 Å². The van der Waals surface area contributed by atoms with Gasteiger partial charge in [0.1, 0.15) is 50.5 Å². The normalized spacial score (nSPS) is 15.0. The van der Waals surface area contributed by atoms with Crippen molar-refractivity contribution in [1.29, 1.82) is 0 Å². The van der Waals surface area contributed by atoms with Crippen molar-refractivity contribution < 1.29 is 110 Å². The Hall–Kier alpha value is -9.37. The molecule has 0 aliphatic carbocycles. The first kappa shape index (κ1) is 93.0. The number of esters is 2. The number of likely N-dealkylation sites (tertiary alicyclic amines) is 2. The van der Waals surface area contributed by atoms with Crippen LogP contribution >= 0.6 is 23.5 Å². The Morgan fingerprint density at radius 1 is 0.455 bits per heavy atom. The number of nitrogens with one attached hydrogen (secondary N) is 10. The fraction of sp³-hybridized carbons (Fsp3) is 0.625. The molecule has 2 heterocycles. The molecular weight excluding hydrogens is 1480 g/mol. The average molecular weight is 1590 g/mol. The molecule has 2 fully saturated rings. The van der Waals surface area contributed by atoms with E-state index in [0.717, 1.165) is 49.7 Å². The van der Waals surface area contributed by atoms with Gasteiger partial charge in [0.25, 0.3) is 0 Å². The van der Waals surface area contributed by atoms with Crippen molar-refractivity contribution >= 4 is 135 Å². The van der Waals surface area contributed by atoms with Gasteiger partial charge in [-0.2, -0.15) is 0 Å². The Morgan fingerprint density at radius 2 is 0.873 bits per heavy atom. The molecule has 15 amide bonds. The molecular formula is C72H107N13O23S2. The third-order valence-corrected chi connectivity index (χ3v) is 19.0. The molecule has 38 heteroatoms. The van der Waals surface area contributed by atoms with Gasteiger partial charge in [-0.05, 0) is 81.5 Å². The minimum absolute atomic E-state index is 0.0252. The molecule has 2 aliphatic rings. The molecule has 0 bridgehead atoms. The Bertz CT molecular complexity index is 3420. The van der Waals surface area contributed by atoms with Crippen molar-refractivity contribution in [3.8, 4) is 0 Å². The summed E-state index contributed by atoms with van der Waals surface area (Å²) in [6.07, 6.45) is 2.13. The first-order valence-corrected chi connectivity index (χ1v) is 39.1. The summed E-state index contributed by atoms with van der Waals surface area (Å²) in [7, 11) is 0. The minimum atomic E-state index is -1.23. The quantitative estimate of drug-likeness (QED) is 0.0196. The number of primary amides is 1. The third-order valence-electron chi connectivity index (χ3n) is 16.6. The highest BCUT2D eigenvalue weighted by molar-refractivity contribution is 8.01. The van der Waals surface area contributed by atoms with Crippen LogP contribution in [0.3, 0.4) is 0 Å². The zero-order chi connectivity index (χ0) is 80.6. The molecule has 2 aromatic carbocycles. The Balaban J connectivity index is 1.16. The number of nitrogens with zero attached hydrogens (tertiary/aromatic N) is 2. The fourth-order valence-corrected chi connectivity index (χ4v) is 13.0. The topological polar surface area (TPSA) is 498 Å². The van der Waals surface area contributed by atoms with Gasteiger partial charge in [-0.3, -0.25) is 91.3 Å². The van der Waals surface area contributed by atoms with E-state index in [4.69, 9.17) is 34.2 Å². The van der Waals surface area contributed by atoms with Gasteiger partial charge in [-0.25, -0.2) is 0 Å². The fourth-order valence-electron chi connectivity index (χ4n) is 11.0. The van der Waals surface area contributed by atoms with Crippen LogP contribution in [0.1, 0.15) is 123 Å². The minimum Gasteiger partial charge on any atom is -0.465 e.